The first-order valence-corrected chi connectivity index (χ1v) is 8.26. The van der Waals surface area contributed by atoms with Gasteiger partial charge in [-0.1, -0.05) is 0 Å². The lowest BCUT2D eigenvalue weighted by atomic mass is 10.2. The van der Waals surface area contributed by atoms with Crippen molar-refractivity contribution in [3.05, 3.63) is 39.0 Å². The van der Waals surface area contributed by atoms with E-state index in [1.807, 2.05) is 0 Å². The third-order valence-corrected chi connectivity index (χ3v) is 5.46. The van der Waals surface area contributed by atoms with Gasteiger partial charge in [0, 0.05) is 0 Å². The first-order chi connectivity index (χ1) is 9.91. The van der Waals surface area contributed by atoms with Crippen LogP contribution in [-0.2, 0) is 9.84 Å². The number of nitrogens with zero attached hydrogens (tertiary/aromatic N) is 1. The van der Waals surface area contributed by atoms with Crippen molar-refractivity contribution >= 4 is 20.7 Å². The van der Waals surface area contributed by atoms with Gasteiger partial charge in [0.1, 0.15) is 5.75 Å². The van der Waals surface area contributed by atoms with E-state index in [1.54, 1.807) is 12.1 Å². The Morgan fingerprint density at radius 3 is 2.71 bits per heavy atom. The molecule has 2 aromatic rings. The second kappa shape index (κ2) is 4.73. The SMILES string of the molecule is COc1ccc2[nH]c(=O)n(C3CCS(=O)(=O)C3)c(=O)c2c1. The minimum absolute atomic E-state index is 0.000303. The zero-order valence-corrected chi connectivity index (χ0v) is 12.1. The predicted octanol–water partition coefficient (Wildman–Crippen LogP) is 0.0580. The van der Waals surface area contributed by atoms with Gasteiger partial charge in [-0.15, -0.1) is 0 Å². The smallest absolute Gasteiger partial charge is 0.329 e. The normalized spacial score (nSPS) is 20.7. The fourth-order valence-corrected chi connectivity index (χ4v) is 4.34. The number of hydrogen-bond acceptors (Lipinski definition) is 5. The molecule has 0 spiro atoms. The second-order valence-electron chi connectivity index (χ2n) is 5.07. The summed E-state index contributed by atoms with van der Waals surface area (Å²) in [4.78, 5) is 27.2. The van der Waals surface area contributed by atoms with E-state index >= 15 is 0 Å². The topological polar surface area (TPSA) is 98.2 Å². The van der Waals surface area contributed by atoms with Crippen LogP contribution < -0.4 is 16.0 Å². The van der Waals surface area contributed by atoms with Gasteiger partial charge in [-0.05, 0) is 24.6 Å². The number of nitrogens with one attached hydrogen (secondary N) is 1. The van der Waals surface area contributed by atoms with Crippen molar-refractivity contribution in [1.82, 2.24) is 9.55 Å². The largest absolute Gasteiger partial charge is 0.497 e. The Morgan fingerprint density at radius 2 is 2.10 bits per heavy atom. The van der Waals surface area contributed by atoms with Gasteiger partial charge in [-0.2, -0.15) is 0 Å². The first kappa shape index (κ1) is 13.9. The number of fused-ring (bicyclic) bond motifs is 1. The molecule has 1 fully saturated rings. The molecular weight excluding hydrogens is 296 g/mol. The minimum atomic E-state index is -3.18. The van der Waals surface area contributed by atoms with E-state index in [4.69, 9.17) is 4.74 Å². The molecule has 1 aliphatic heterocycles. The summed E-state index contributed by atoms with van der Waals surface area (Å²) >= 11 is 0. The maximum atomic E-state index is 12.5. The van der Waals surface area contributed by atoms with Crippen LogP contribution in [0.2, 0.25) is 0 Å². The van der Waals surface area contributed by atoms with Crippen LogP contribution in [0.15, 0.2) is 27.8 Å². The fraction of sp³-hybridized carbons (Fsp3) is 0.385. The summed E-state index contributed by atoms with van der Waals surface area (Å²) < 4.78 is 29.2. The molecule has 3 rings (SSSR count). The average Bonchev–Trinajstić information content (AvgIpc) is 2.78. The maximum absolute atomic E-state index is 12.5. The Labute approximate surface area is 120 Å². The van der Waals surface area contributed by atoms with E-state index in [-0.39, 0.29) is 17.9 Å². The minimum Gasteiger partial charge on any atom is -0.497 e. The number of rotatable bonds is 2. The zero-order chi connectivity index (χ0) is 15.2. The van der Waals surface area contributed by atoms with E-state index in [0.29, 0.717) is 16.7 Å². The molecule has 0 saturated carbocycles. The van der Waals surface area contributed by atoms with Gasteiger partial charge in [0.15, 0.2) is 9.84 Å². The Bertz CT molecular complexity index is 926. The molecule has 1 N–H and O–H groups in total. The van der Waals surface area contributed by atoms with E-state index < -0.39 is 27.1 Å². The van der Waals surface area contributed by atoms with Crippen molar-refractivity contribution in [2.45, 2.75) is 12.5 Å². The van der Waals surface area contributed by atoms with Crippen LogP contribution >= 0.6 is 0 Å². The van der Waals surface area contributed by atoms with E-state index in [9.17, 15) is 18.0 Å². The molecule has 21 heavy (non-hydrogen) atoms. The predicted molar refractivity (Wildman–Crippen MR) is 77.7 cm³/mol. The number of aromatic amines is 1. The summed E-state index contributed by atoms with van der Waals surface area (Å²) in [5, 5.41) is 0.304. The van der Waals surface area contributed by atoms with Gasteiger partial charge < -0.3 is 9.72 Å². The molecule has 0 aliphatic carbocycles. The van der Waals surface area contributed by atoms with Crippen molar-refractivity contribution in [2.24, 2.45) is 0 Å². The van der Waals surface area contributed by atoms with Crippen LogP contribution in [0.3, 0.4) is 0 Å². The molecular formula is C13H14N2O5S. The van der Waals surface area contributed by atoms with E-state index in [0.717, 1.165) is 4.57 Å². The molecule has 1 aliphatic rings. The lowest BCUT2D eigenvalue weighted by molar-refractivity contribution is 0.415. The molecule has 1 atom stereocenters. The highest BCUT2D eigenvalue weighted by Gasteiger charge is 2.31. The molecule has 112 valence electrons. The molecule has 1 unspecified atom stereocenters. The lowest BCUT2D eigenvalue weighted by Gasteiger charge is -2.12. The van der Waals surface area contributed by atoms with Gasteiger partial charge in [0.25, 0.3) is 5.56 Å². The number of benzene rings is 1. The number of aromatic nitrogens is 2. The van der Waals surface area contributed by atoms with Crippen molar-refractivity contribution in [3.8, 4) is 5.75 Å². The van der Waals surface area contributed by atoms with Gasteiger partial charge in [0.05, 0.1) is 35.6 Å². The van der Waals surface area contributed by atoms with Crippen LogP contribution in [0.25, 0.3) is 10.9 Å². The van der Waals surface area contributed by atoms with Crippen LogP contribution in [0.1, 0.15) is 12.5 Å². The second-order valence-corrected chi connectivity index (χ2v) is 7.30. The number of methoxy groups -OCH3 is 1. The molecule has 0 radical (unpaired) electrons. The number of hydrogen-bond donors (Lipinski definition) is 1. The Kier molecular flexibility index (Phi) is 3.12. The van der Waals surface area contributed by atoms with Crippen molar-refractivity contribution in [3.63, 3.8) is 0 Å². The monoisotopic (exact) mass is 310 g/mol. The maximum Gasteiger partial charge on any atom is 0.329 e. The quantitative estimate of drug-likeness (QED) is 0.845. The zero-order valence-electron chi connectivity index (χ0n) is 11.3. The fourth-order valence-electron chi connectivity index (χ4n) is 2.64. The molecule has 0 bridgehead atoms. The summed E-state index contributed by atoms with van der Waals surface area (Å²) in [6.07, 6.45) is 0.279. The average molecular weight is 310 g/mol. The van der Waals surface area contributed by atoms with Crippen molar-refractivity contribution in [2.75, 3.05) is 18.6 Å². The standard InChI is InChI=1S/C13H14N2O5S/c1-20-9-2-3-11-10(6-9)12(16)15(13(17)14-11)8-4-5-21(18,19)7-8/h2-3,6,8H,4-5,7H2,1H3,(H,14,17). The highest BCUT2D eigenvalue weighted by molar-refractivity contribution is 7.91. The highest BCUT2D eigenvalue weighted by Crippen LogP contribution is 2.22. The van der Waals surface area contributed by atoms with E-state index in [2.05, 4.69) is 4.98 Å². The summed E-state index contributed by atoms with van der Waals surface area (Å²) in [5.41, 5.74) is -0.669. The highest BCUT2D eigenvalue weighted by atomic mass is 32.2. The van der Waals surface area contributed by atoms with Crippen LogP contribution in [0.5, 0.6) is 5.75 Å². The Hall–Kier alpha value is -2.09. The molecule has 1 aromatic carbocycles. The molecule has 1 saturated heterocycles. The van der Waals surface area contributed by atoms with Crippen molar-refractivity contribution in [1.29, 1.82) is 0 Å². The number of H-pyrrole nitrogens is 1. The summed E-state index contributed by atoms with van der Waals surface area (Å²) in [6.45, 7) is 0. The molecule has 8 heteroatoms. The van der Waals surface area contributed by atoms with Gasteiger partial charge in [0.2, 0.25) is 0 Å². The summed E-state index contributed by atoms with van der Waals surface area (Å²) in [7, 11) is -1.70. The van der Waals surface area contributed by atoms with Gasteiger partial charge >= 0.3 is 5.69 Å². The molecule has 1 aromatic heterocycles. The molecule has 0 amide bonds. The first-order valence-electron chi connectivity index (χ1n) is 6.44. The third kappa shape index (κ3) is 2.35. The number of sulfone groups is 1. The summed E-state index contributed by atoms with van der Waals surface area (Å²) in [6, 6.07) is 4.16. The van der Waals surface area contributed by atoms with Gasteiger partial charge in [-0.25, -0.2) is 13.2 Å². The summed E-state index contributed by atoms with van der Waals surface area (Å²) in [5.74, 6) is 0.322. The third-order valence-electron chi connectivity index (χ3n) is 3.71. The lowest BCUT2D eigenvalue weighted by Crippen LogP contribution is -2.38. The Morgan fingerprint density at radius 1 is 1.33 bits per heavy atom. The van der Waals surface area contributed by atoms with Crippen LogP contribution in [-0.4, -0.2) is 36.6 Å². The van der Waals surface area contributed by atoms with Crippen molar-refractivity contribution < 1.29 is 13.2 Å². The molecule has 2 heterocycles. The number of ether oxygens (including phenoxy) is 1. The van der Waals surface area contributed by atoms with Crippen LogP contribution in [0, 0.1) is 0 Å². The van der Waals surface area contributed by atoms with E-state index in [1.165, 1.54) is 13.2 Å². The van der Waals surface area contributed by atoms with Gasteiger partial charge in [-0.3, -0.25) is 9.36 Å². The Balaban J connectivity index is 2.24. The molecule has 7 nitrogen and oxygen atoms in total. The van der Waals surface area contributed by atoms with Crippen LogP contribution in [0.4, 0.5) is 0 Å².